The van der Waals surface area contributed by atoms with Crippen molar-refractivity contribution in [1.82, 2.24) is 4.98 Å². The Hall–Kier alpha value is -2.39. The van der Waals surface area contributed by atoms with Crippen molar-refractivity contribution in [2.24, 2.45) is 0 Å². The second kappa shape index (κ2) is 8.10. The van der Waals surface area contributed by atoms with Crippen LogP contribution in [0.1, 0.15) is 29.4 Å². The number of carbonyl (C=O) groups excluding carboxylic acids is 2. The Morgan fingerprint density at radius 3 is 2.37 bits per heavy atom. The molecular formula is C16H10Cl2F4N2O3. The third-order valence-electron chi connectivity index (χ3n) is 3.33. The number of alkyl halides is 2. The van der Waals surface area contributed by atoms with E-state index in [4.69, 9.17) is 23.2 Å². The molecule has 2 rings (SSSR count). The van der Waals surface area contributed by atoms with Gasteiger partial charge in [0.2, 0.25) is 5.91 Å². The van der Waals surface area contributed by atoms with E-state index in [-0.39, 0.29) is 10.7 Å². The average Bonchev–Trinajstić information content (AvgIpc) is 2.55. The van der Waals surface area contributed by atoms with Gasteiger partial charge < -0.3 is 10.1 Å². The average molecular weight is 425 g/mol. The zero-order valence-electron chi connectivity index (χ0n) is 13.7. The molecule has 0 atom stereocenters. The summed E-state index contributed by atoms with van der Waals surface area (Å²) in [5, 5.41) is 1.08. The van der Waals surface area contributed by atoms with Crippen molar-refractivity contribution in [3.8, 4) is 11.3 Å². The molecule has 0 unspecified atom stereocenters. The Balaban J connectivity index is 2.84. The molecule has 0 bridgehead atoms. The predicted molar refractivity (Wildman–Crippen MR) is 90.2 cm³/mol. The number of methoxy groups -OCH3 is 1. The van der Waals surface area contributed by atoms with Crippen LogP contribution >= 0.6 is 23.2 Å². The Bertz CT molecular complexity index is 939. The van der Waals surface area contributed by atoms with Crippen molar-refractivity contribution in [3.63, 3.8) is 0 Å². The molecule has 0 radical (unpaired) electrons. The largest absolute Gasteiger partial charge is 0.464 e. The van der Waals surface area contributed by atoms with Crippen molar-refractivity contribution >= 4 is 40.8 Å². The van der Waals surface area contributed by atoms with E-state index >= 15 is 0 Å². The van der Waals surface area contributed by atoms with E-state index in [0.29, 0.717) is 6.07 Å². The van der Waals surface area contributed by atoms with Gasteiger partial charge in [-0.3, -0.25) is 4.79 Å². The van der Waals surface area contributed by atoms with Gasteiger partial charge in [-0.2, -0.15) is 0 Å². The van der Waals surface area contributed by atoms with Crippen LogP contribution in [0, 0.1) is 11.6 Å². The van der Waals surface area contributed by atoms with Crippen LogP contribution in [0.25, 0.3) is 11.3 Å². The van der Waals surface area contributed by atoms with Crippen LogP contribution in [-0.2, 0) is 9.53 Å². The first-order valence-electron chi connectivity index (χ1n) is 7.10. The molecule has 27 heavy (non-hydrogen) atoms. The first-order valence-corrected chi connectivity index (χ1v) is 7.86. The number of benzene rings is 1. The molecule has 2 aromatic rings. The van der Waals surface area contributed by atoms with Gasteiger partial charge in [0.15, 0.2) is 5.69 Å². The maximum atomic E-state index is 14.6. The minimum absolute atomic E-state index is 0.220. The molecule has 144 valence electrons. The van der Waals surface area contributed by atoms with Gasteiger partial charge in [0.05, 0.1) is 39.7 Å². The fourth-order valence-corrected chi connectivity index (χ4v) is 2.69. The topological polar surface area (TPSA) is 68.3 Å². The van der Waals surface area contributed by atoms with E-state index in [2.05, 4.69) is 15.0 Å². The lowest BCUT2D eigenvalue weighted by atomic mass is 10.0. The van der Waals surface area contributed by atoms with Crippen molar-refractivity contribution in [1.29, 1.82) is 0 Å². The molecule has 1 aromatic carbocycles. The number of rotatable bonds is 4. The summed E-state index contributed by atoms with van der Waals surface area (Å²) >= 11 is 11.5. The number of amides is 1. The van der Waals surface area contributed by atoms with E-state index in [0.717, 1.165) is 20.1 Å². The van der Waals surface area contributed by atoms with Crippen LogP contribution in [0.2, 0.25) is 10.0 Å². The molecule has 0 fully saturated rings. The zero-order valence-corrected chi connectivity index (χ0v) is 15.2. The summed E-state index contributed by atoms with van der Waals surface area (Å²) in [5.41, 5.74) is -3.57. The molecule has 5 nitrogen and oxygen atoms in total. The number of pyridine rings is 1. The Morgan fingerprint density at radius 2 is 1.85 bits per heavy atom. The highest BCUT2D eigenvalue weighted by Gasteiger charge is 2.28. The number of nitrogens with zero attached hydrogens (tertiary/aromatic N) is 1. The Morgan fingerprint density at radius 1 is 1.22 bits per heavy atom. The quantitative estimate of drug-likeness (QED) is 0.552. The summed E-state index contributed by atoms with van der Waals surface area (Å²) in [5.74, 6) is -4.65. The Kier molecular flexibility index (Phi) is 6.27. The first-order chi connectivity index (χ1) is 12.6. The van der Waals surface area contributed by atoms with E-state index in [1.807, 2.05) is 0 Å². The first kappa shape index (κ1) is 20.9. The minimum Gasteiger partial charge on any atom is -0.464 e. The second-order valence-electron chi connectivity index (χ2n) is 5.13. The number of halogens is 6. The fraction of sp³-hybridized carbons (Fsp3) is 0.188. The van der Waals surface area contributed by atoms with Gasteiger partial charge >= 0.3 is 5.97 Å². The second-order valence-corrected chi connectivity index (χ2v) is 5.92. The van der Waals surface area contributed by atoms with Gasteiger partial charge in [-0.1, -0.05) is 23.2 Å². The Labute approximate surface area is 160 Å². The van der Waals surface area contributed by atoms with E-state index in [1.54, 1.807) is 0 Å². The molecule has 0 saturated carbocycles. The maximum absolute atomic E-state index is 14.6. The van der Waals surface area contributed by atoms with Gasteiger partial charge in [-0.25, -0.2) is 27.3 Å². The number of esters is 1. The van der Waals surface area contributed by atoms with Gasteiger partial charge in [0.1, 0.15) is 11.6 Å². The monoisotopic (exact) mass is 424 g/mol. The van der Waals surface area contributed by atoms with Crippen LogP contribution < -0.4 is 5.32 Å². The number of carbonyl (C=O) groups is 2. The van der Waals surface area contributed by atoms with Gasteiger partial charge in [-0.15, -0.1) is 0 Å². The summed E-state index contributed by atoms with van der Waals surface area (Å²) in [6, 6.07) is 1.43. The van der Waals surface area contributed by atoms with Crippen LogP contribution in [-0.4, -0.2) is 24.0 Å². The van der Waals surface area contributed by atoms with Crippen molar-refractivity contribution in [3.05, 3.63) is 45.1 Å². The third-order valence-corrected chi connectivity index (χ3v) is 4.02. The van der Waals surface area contributed by atoms with Gasteiger partial charge in [-0.05, 0) is 12.1 Å². The molecule has 11 heteroatoms. The highest BCUT2D eigenvalue weighted by molar-refractivity contribution is 6.36. The fourth-order valence-electron chi connectivity index (χ4n) is 2.21. The molecule has 1 heterocycles. The van der Waals surface area contributed by atoms with Gasteiger partial charge in [0.25, 0.3) is 6.43 Å². The number of anilines is 1. The lowest BCUT2D eigenvalue weighted by Gasteiger charge is -2.14. The van der Waals surface area contributed by atoms with Crippen LogP contribution in [0.4, 0.5) is 23.2 Å². The number of aromatic nitrogens is 1. The number of hydrogen-bond acceptors (Lipinski definition) is 4. The van der Waals surface area contributed by atoms with E-state index in [1.165, 1.54) is 0 Å². The molecular weight excluding hydrogens is 415 g/mol. The van der Waals surface area contributed by atoms with Crippen LogP contribution in [0.5, 0.6) is 0 Å². The molecule has 0 spiro atoms. The molecule has 0 aliphatic rings. The number of hydrogen-bond donors (Lipinski definition) is 1. The van der Waals surface area contributed by atoms with E-state index < -0.39 is 57.5 Å². The standard InChI is InChI=1S/C16H10Cl2F4N2O3/c1-5(25)23-9-4-8(24-14(12(9)18)16(26)27-2)11-7(19)3-6(17)10(13(11)20)15(21)22/h3-4,15H,1-2H3,(H,23,24,25). The maximum Gasteiger partial charge on any atom is 0.358 e. The molecule has 0 aliphatic heterocycles. The predicted octanol–water partition coefficient (Wildman–Crippen LogP) is 5.02. The number of ether oxygens (including phenoxy) is 1. The molecule has 1 N–H and O–H groups in total. The van der Waals surface area contributed by atoms with Crippen molar-refractivity contribution < 1.29 is 31.9 Å². The SMILES string of the molecule is COC(=O)c1nc(-c2c(F)cc(Cl)c(C(F)F)c2F)cc(NC(C)=O)c1Cl. The minimum atomic E-state index is -3.33. The lowest BCUT2D eigenvalue weighted by Crippen LogP contribution is -2.12. The summed E-state index contributed by atoms with van der Waals surface area (Å²) in [4.78, 5) is 26.9. The summed E-state index contributed by atoms with van der Waals surface area (Å²) < 4.78 is 59.5. The highest BCUT2D eigenvalue weighted by atomic mass is 35.5. The van der Waals surface area contributed by atoms with E-state index in [9.17, 15) is 27.2 Å². The number of nitrogens with one attached hydrogen (secondary N) is 1. The summed E-state index contributed by atoms with van der Waals surface area (Å²) in [6.45, 7) is 1.12. The normalized spacial score (nSPS) is 10.9. The smallest absolute Gasteiger partial charge is 0.358 e. The van der Waals surface area contributed by atoms with Crippen molar-refractivity contribution in [2.45, 2.75) is 13.3 Å². The van der Waals surface area contributed by atoms with Gasteiger partial charge in [0, 0.05) is 6.92 Å². The highest BCUT2D eigenvalue weighted by Crippen LogP contribution is 2.39. The third kappa shape index (κ3) is 4.14. The van der Waals surface area contributed by atoms with Crippen LogP contribution in [0.3, 0.4) is 0 Å². The zero-order chi connectivity index (χ0) is 20.5. The molecule has 1 aromatic heterocycles. The molecule has 1 amide bonds. The van der Waals surface area contributed by atoms with Crippen LogP contribution in [0.15, 0.2) is 12.1 Å². The molecule has 0 aliphatic carbocycles. The summed E-state index contributed by atoms with van der Waals surface area (Å²) in [6.07, 6.45) is -3.33. The lowest BCUT2D eigenvalue weighted by molar-refractivity contribution is -0.114. The molecule has 0 saturated heterocycles. The summed E-state index contributed by atoms with van der Waals surface area (Å²) in [7, 11) is 1.00. The van der Waals surface area contributed by atoms with Crippen molar-refractivity contribution in [2.75, 3.05) is 12.4 Å².